The SMILES string of the molecule is Cc1c(C)c(S(=O)(=O)N[C@H](/C=C/COS(C)(=O)=O)CC(C)C)c(C)c2c1OC(C)(C)CC2. The fourth-order valence-electron chi connectivity index (χ4n) is 4.07. The second kappa shape index (κ2) is 9.83. The van der Waals surface area contributed by atoms with Gasteiger partial charge in [-0.25, -0.2) is 13.1 Å². The molecule has 9 heteroatoms. The highest BCUT2D eigenvalue weighted by Crippen LogP contribution is 2.42. The Morgan fingerprint density at radius 1 is 1.09 bits per heavy atom. The zero-order valence-electron chi connectivity index (χ0n) is 20.4. The van der Waals surface area contributed by atoms with Crippen molar-refractivity contribution >= 4 is 20.1 Å². The van der Waals surface area contributed by atoms with Gasteiger partial charge in [-0.15, -0.1) is 0 Å². The Labute approximate surface area is 193 Å². The summed E-state index contributed by atoms with van der Waals surface area (Å²) in [7, 11) is -7.39. The van der Waals surface area contributed by atoms with Gasteiger partial charge in [0.15, 0.2) is 0 Å². The van der Waals surface area contributed by atoms with Crippen molar-refractivity contribution in [3.05, 3.63) is 34.4 Å². The third-order valence-electron chi connectivity index (χ3n) is 5.71. The van der Waals surface area contributed by atoms with E-state index in [-0.39, 0.29) is 18.1 Å². The second-order valence-electron chi connectivity index (χ2n) is 9.65. The first kappa shape index (κ1) is 26.8. The molecule has 0 saturated heterocycles. The van der Waals surface area contributed by atoms with E-state index in [0.29, 0.717) is 16.9 Å². The first-order valence-electron chi connectivity index (χ1n) is 10.9. The predicted molar refractivity (Wildman–Crippen MR) is 127 cm³/mol. The van der Waals surface area contributed by atoms with E-state index in [4.69, 9.17) is 8.92 Å². The molecule has 1 N–H and O–H groups in total. The molecule has 0 spiro atoms. The van der Waals surface area contributed by atoms with E-state index < -0.39 is 26.2 Å². The van der Waals surface area contributed by atoms with Crippen molar-refractivity contribution in [3.63, 3.8) is 0 Å². The lowest BCUT2D eigenvalue weighted by Gasteiger charge is -2.35. The van der Waals surface area contributed by atoms with Crippen LogP contribution in [0.4, 0.5) is 0 Å². The number of ether oxygens (including phenoxy) is 1. The number of sulfonamides is 1. The van der Waals surface area contributed by atoms with Crippen LogP contribution in [-0.2, 0) is 30.7 Å². The molecule has 32 heavy (non-hydrogen) atoms. The second-order valence-corrected chi connectivity index (χ2v) is 12.9. The quantitative estimate of drug-likeness (QED) is 0.418. The molecule has 0 aromatic heterocycles. The first-order chi connectivity index (χ1) is 14.5. The maximum Gasteiger partial charge on any atom is 0.264 e. The maximum absolute atomic E-state index is 13.5. The Morgan fingerprint density at radius 2 is 1.72 bits per heavy atom. The summed E-state index contributed by atoms with van der Waals surface area (Å²) in [6, 6.07) is -0.492. The molecule has 0 aliphatic carbocycles. The van der Waals surface area contributed by atoms with Gasteiger partial charge < -0.3 is 4.74 Å². The molecule has 0 unspecified atom stereocenters. The van der Waals surface area contributed by atoms with Crippen molar-refractivity contribution in [2.24, 2.45) is 5.92 Å². The van der Waals surface area contributed by atoms with Gasteiger partial charge in [0.25, 0.3) is 10.1 Å². The highest BCUT2D eigenvalue weighted by molar-refractivity contribution is 7.89. The largest absolute Gasteiger partial charge is 0.487 e. The van der Waals surface area contributed by atoms with Crippen LogP contribution in [-0.4, -0.2) is 41.3 Å². The summed E-state index contributed by atoms with van der Waals surface area (Å²) in [6.07, 6.45) is 6.30. The molecule has 0 saturated carbocycles. The summed E-state index contributed by atoms with van der Waals surface area (Å²) in [5.41, 5.74) is 2.91. The highest BCUT2D eigenvalue weighted by atomic mass is 32.2. The summed E-state index contributed by atoms with van der Waals surface area (Å²) in [4.78, 5) is 0.298. The molecule has 1 aromatic rings. The molecule has 1 heterocycles. The number of hydrogen-bond donors (Lipinski definition) is 1. The van der Waals surface area contributed by atoms with Crippen LogP contribution in [0.3, 0.4) is 0 Å². The number of hydrogen-bond acceptors (Lipinski definition) is 6. The van der Waals surface area contributed by atoms with Crippen molar-refractivity contribution in [1.82, 2.24) is 4.72 Å². The van der Waals surface area contributed by atoms with Gasteiger partial charge >= 0.3 is 0 Å². The fourth-order valence-corrected chi connectivity index (χ4v) is 6.17. The van der Waals surface area contributed by atoms with Crippen LogP contribution in [0.15, 0.2) is 17.0 Å². The summed E-state index contributed by atoms with van der Waals surface area (Å²) < 4.78 is 63.1. The van der Waals surface area contributed by atoms with Gasteiger partial charge in [0.2, 0.25) is 10.0 Å². The zero-order valence-corrected chi connectivity index (χ0v) is 22.0. The lowest BCUT2D eigenvalue weighted by Crippen LogP contribution is -2.37. The molecule has 7 nitrogen and oxygen atoms in total. The van der Waals surface area contributed by atoms with E-state index in [2.05, 4.69) is 4.72 Å². The Kier molecular flexibility index (Phi) is 8.24. The van der Waals surface area contributed by atoms with Crippen LogP contribution in [0, 0.1) is 26.7 Å². The normalized spacial score (nSPS) is 17.4. The van der Waals surface area contributed by atoms with Gasteiger partial charge in [-0.3, -0.25) is 4.18 Å². The number of benzene rings is 1. The summed E-state index contributed by atoms with van der Waals surface area (Å²) in [6.45, 7) is 13.5. The molecule has 1 aliphatic heterocycles. The van der Waals surface area contributed by atoms with Gasteiger partial charge in [-0.2, -0.15) is 8.42 Å². The highest BCUT2D eigenvalue weighted by Gasteiger charge is 2.34. The Balaban J connectivity index is 2.40. The average Bonchev–Trinajstić information content (AvgIpc) is 2.60. The summed E-state index contributed by atoms with van der Waals surface area (Å²) in [5.74, 6) is 1.03. The van der Waals surface area contributed by atoms with Crippen LogP contribution < -0.4 is 9.46 Å². The molecule has 1 aromatic carbocycles. The fraction of sp³-hybridized carbons (Fsp3) is 0.652. The lowest BCUT2D eigenvalue weighted by atomic mass is 9.88. The van der Waals surface area contributed by atoms with Crippen molar-refractivity contribution in [2.75, 3.05) is 12.9 Å². The molecule has 0 bridgehead atoms. The van der Waals surface area contributed by atoms with E-state index in [9.17, 15) is 16.8 Å². The molecular formula is C23H37NO6S2. The minimum absolute atomic E-state index is 0.141. The van der Waals surface area contributed by atoms with Crippen LogP contribution in [0.2, 0.25) is 0 Å². The van der Waals surface area contributed by atoms with Crippen molar-refractivity contribution < 1.29 is 25.8 Å². The van der Waals surface area contributed by atoms with Crippen LogP contribution in [0.1, 0.15) is 62.8 Å². The lowest BCUT2D eigenvalue weighted by molar-refractivity contribution is 0.0832. The molecule has 0 radical (unpaired) electrons. The molecule has 0 fully saturated rings. The minimum Gasteiger partial charge on any atom is -0.487 e. The topological polar surface area (TPSA) is 98.8 Å². The van der Waals surface area contributed by atoms with Crippen molar-refractivity contribution in [3.8, 4) is 5.75 Å². The van der Waals surface area contributed by atoms with Gasteiger partial charge in [0.1, 0.15) is 11.4 Å². The van der Waals surface area contributed by atoms with E-state index in [0.717, 1.165) is 41.5 Å². The monoisotopic (exact) mass is 487 g/mol. The van der Waals surface area contributed by atoms with Gasteiger partial charge in [-0.05, 0) is 82.1 Å². The molecule has 1 atom stereocenters. The van der Waals surface area contributed by atoms with Gasteiger partial charge in [-0.1, -0.05) is 26.0 Å². The van der Waals surface area contributed by atoms with Crippen molar-refractivity contribution in [2.45, 2.75) is 84.3 Å². The summed E-state index contributed by atoms with van der Waals surface area (Å²) in [5, 5.41) is 0. The van der Waals surface area contributed by atoms with Crippen LogP contribution in [0.5, 0.6) is 5.75 Å². The molecule has 0 amide bonds. The minimum atomic E-state index is -3.83. The van der Waals surface area contributed by atoms with Gasteiger partial charge in [0.05, 0.1) is 17.8 Å². The number of fused-ring (bicyclic) bond motifs is 1. The molecule has 1 aliphatic rings. The zero-order chi connectivity index (χ0) is 24.5. The average molecular weight is 488 g/mol. The maximum atomic E-state index is 13.5. The Bertz CT molecular complexity index is 1090. The Morgan fingerprint density at radius 3 is 2.28 bits per heavy atom. The van der Waals surface area contributed by atoms with Crippen molar-refractivity contribution in [1.29, 1.82) is 0 Å². The summed E-state index contributed by atoms with van der Waals surface area (Å²) >= 11 is 0. The predicted octanol–water partition coefficient (Wildman–Crippen LogP) is 3.94. The van der Waals surface area contributed by atoms with E-state index in [1.54, 1.807) is 6.08 Å². The van der Waals surface area contributed by atoms with E-state index in [1.165, 1.54) is 6.08 Å². The van der Waals surface area contributed by atoms with E-state index >= 15 is 0 Å². The smallest absolute Gasteiger partial charge is 0.264 e. The molecular weight excluding hydrogens is 450 g/mol. The third kappa shape index (κ3) is 6.79. The molecule has 2 rings (SSSR count). The van der Waals surface area contributed by atoms with E-state index in [1.807, 2.05) is 48.5 Å². The van der Waals surface area contributed by atoms with Gasteiger partial charge in [0, 0.05) is 6.04 Å². The van der Waals surface area contributed by atoms with Crippen LogP contribution in [0.25, 0.3) is 0 Å². The first-order valence-corrected chi connectivity index (χ1v) is 14.2. The number of rotatable bonds is 9. The molecule has 182 valence electrons. The third-order valence-corrected chi connectivity index (χ3v) is 8.04. The number of nitrogens with one attached hydrogen (secondary N) is 1. The van der Waals surface area contributed by atoms with Crippen LogP contribution >= 0.6 is 0 Å². The Hall–Kier alpha value is -1.42. The standard InChI is InChI=1S/C23H37NO6S2/c1-15(2)14-19(10-9-13-29-31(8,25)26)24-32(27,28)22-17(4)16(3)21-20(18(22)5)11-12-23(6,7)30-21/h9-10,15,19,24H,11-14H2,1-8H3/b10-9+/t19-/m1/s1.